The molecule has 4 rings (SSSR count). The van der Waals surface area contributed by atoms with Gasteiger partial charge in [-0.15, -0.1) is 0 Å². The highest BCUT2D eigenvalue weighted by Crippen LogP contribution is 2.66. The van der Waals surface area contributed by atoms with Gasteiger partial charge in [0.2, 0.25) is 0 Å². The first-order chi connectivity index (χ1) is 13.5. The normalized spacial score (nSPS) is 15.4. The van der Waals surface area contributed by atoms with Crippen molar-refractivity contribution in [1.29, 1.82) is 0 Å². The Morgan fingerprint density at radius 1 is 0.724 bits per heavy atom. The molecular weight excluding hydrogens is 443 g/mol. The van der Waals surface area contributed by atoms with E-state index in [2.05, 4.69) is 6.92 Å². The van der Waals surface area contributed by atoms with E-state index in [9.17, 15) is 10.2 Å². The van der Waals surface area contributed by atoms with Crippen LogP contribution in [0.4, 0.5) is 0 Å². The fraction of sp³-hybridized carbons (Fsp3) is 0.280. The molecule has 1 saturated carbocycles. The summed E-state index contributed by atoms with van der Waals surface area (Å²) < 4.78 is 0. The number of benzene rings is 3. The standard InChI is InChI=1S/C25H28O2P.BrH/c1-24(17-18-24)19-20-25(26,27)28(21-11-5-2-6-12-21,22-13-7-3-8-14-22)23-15-9-4-10-16-23;/h2-16,26-27H,17-20H2,1H3;1H/q+1;/p-1. The van der Waals surface area contributed by atoms with Gasteiger partial charge < -0.3 is 27.2 Å². The number of rotatable bonds is 7. The Labute approximate surface area is 184 Å². The van der Waals surface area contributed by atoms with Crippen LogP contribution in [-0.2, 0) is 0 Å². The molecule has 1 aliphatic rings. The second-order valence-electron chi connectivity index (χ2n) is 8.26. The molecule has 0 aromatic heterocycles. The van der Waals surface area contributed by atoms with E-state index in [1.54, 1.807) is 0 Å². The molecule has 0 saturated heterocycles. The van der Waals surface area contributed by atoms with E-state index >= 15 is 0 Å². The lowest BCUT2D eigenvalue weighted by atomic mass is 10.0. The van der Waals surface area contributed by atoms with E-state index in [1.165, 1.54) is 12.8 Å². The molecule has 0 amide bonds. The Morgan fingerprint density at radius 3 is 1.38 bits per heavy atom. The number of hydrogen-bond acceptors (Lipinski definition) is 2. The molecule has 1 fully saturated rings. The zero-order chi connectivity index (χ0) is 19.7. The summed E-state index contributed by atoms with van der Waals surface area (Å²) in [6, 6.07) is 30.2. The first kappa shape index (κ1) is 22.2. The van der Waals surface area contributed by atoms with Crippen molar-refractivity contribution < 1.29 is 27.2 Å². The van der Waals surface area contributed by atoms with Crippen LogP contribution in [0.5, 0.6) is 0 Å². The van der Waals surface area contributed by atoms with Crippen LogP contribution < -0.4 is 32.9 Å². The summed E-state index contributed by atoms with van der Waals surface area (Å²) in [5.74, 6) is 0. The first-order valence-electron chi connectivity index (χ1n) is 9.99. The van der Waals surface area contributed by atoms with Crippen LogP contribution in [0.1, 0.15) is 32.6 Å². The Morgan fingerprint density at radius 2 is 1.07 bits per heavy atom. The van der Waals surface area contributed by atoms with Gasteiger partial charge in [0, 0.05) is 6.42 Å². The molecule has 1 aliphatic carbocycles. The zero-order valence-corrected chi connectivity index (χ0v) is 19.2. The first-order valence-corrected chi connectivity index (χ1v) is 11.8. The lowest BCUT2D eigenvalue weighted by Gasteiger charge is -2.37. The van der Waals surface area contributed by atoms with Gasteiger partial charge in [0.1, 0.15) is 15.9 Å². The molecule has 0 spiro atoms. The maximum atomic E-state index is 11.8. The summed E-state index contributed by atoms with van der Waals surface area (Å²) in [5.41, 5.74) is -1.56. The van der Waals surface area contributed by atoms with E-state index in [0.29, 0.717) is 6.42 Å². The van der Waals surface area contributed by atoms with Crippen LogP contribution in [0.25, 0.3) is 0 Å². The van der Waals surface area contributed by atoms with Gasteiger partial charge in [0.25, 0.3) is 5.53 Å². The molecular formula is C25H28BrO2P. The maximum absolute atomic E-state index is 11.8. The summed E-state index contributed by atoms with van der Waals surface area (Å²) in [5, 5.41) is 26.6. The Bertz CT molecular complexity index is 813. The van der Waals surface area contributed by atoms with Gasteiger partial charge in [-0.1, -0.05) is 61.5 Å². The van der Waals surface area contributed by atoms with Gasteiger partial charge in [-0.2, -0.15) is 0 Å². The molecule has 3 aromatic carbocycles. The SMILES string of the molecule is CC1(CCC(O)(O)[P+](c2ccccc2)(c2ccccc2)c2ccccc2)CC1.[Br-]. The van der Waals surface area contributed by atoms with Crippen LogP contribution in [0, 0.1) is 5.41 Å². The van der Waals surface area contributed by atoms with E-state index in [0.717, 1.165) is 22.3 Å². The van der Waals surface area contributed by atoms with Crippen molar-refractivity contribution in [3.63, 3.8) is 0 Å². The number of aliphatic hydroxyl groups is 2. The third-order valence-electron chi connectivity index (χ3n) is 6.14. The van der Waals surface area contributed by atoms with Crippen molar-refractivity contribution in [3.8, 4) is 0 Å². The van der Waals surface area contributed by atoms with E-state index in [-0.39, 0.29) is 22.4 Å². The molecule has 152 valence electrons. The van der Waals surface area contributed by atoms with Crippen LogP contribution in [0.15, 0.2) is 91.0 Å². The largest absolute Gasteiger partial charge is 1.00 e. The third kappa shape index (κ3) is 4.20. The van der Waals surface area contributed by atoms with Gasteiger partial charge in [-0.3, -0.25) is 0 Å². The van der Waals surface area contributed by atoms with Crippen LogP contribution in [-0.4, -0.2) is 15.7 Å². The molecule has 0 radical (unpaired) electrons. The summed E-state index contributed by atoms with van der Waals surface area (Å²) in [4.78, 5) is 0. The number of hydrogen-bond donors (Lipinski definition) is 2. The highest BCUT2D eigenvalue weighted by molar-refractivity contribution is 7.96. The molecule has 2 nitrogen and oxygen atoms in total. The topological polar surface area (TPSA) is 40.5 Å². The fourth-order valence-electron chi connectivity index (χ4n) is 4.12. The average molecular weight is 471 g/mol. The predicted molar refractivity (Wildman–Crippen MR) is 119 cm³/mol. The van der Waals surface area contributed by atoms with E-state index < -0.39 is 12.8 Å². The van der Waals surface area contributed by atoms with Crippen molar-refractivity contribution in [2.45, 2.75) is 38.1 Å². The minimum atomic E-state index is -2.70. The van der Waals surface area contributed by atoms with Crippen LogP contribution in [0.3, 0.4) is 0 Å². The fourth-order valence-corrected chi connectivity index (χ4v) is 8.56. The monoisotopic (exact) mass is 470 g/mol. The lowest BCUT2D eigenvalue weighted by Crippen LogP contribution is -3.00. The predicted octanol–water partition coefficient (Wildman–Crippen LogP) is 1.20. The number of halogens is 1. The lowest BCUT2D eigenvalue weighted by molar-refractivity contribution is -0.0912. The molecule has 0 heterocycles. The average Bonchev–Trinajstić information content (AvgIpc) is 3.47. The summed E-state index contributed by atoms with van der Waals surface area (Å²) in [6.45, 7) is 2.25. The Hall–Kier alpha value is -1.51. The Balaban J connectivity index is 0.00000240. The van der Waals surface area contributed by atoms with Crippen molar-refractivity contribution in [1.82, 2.24) is 0 Å². The quantitative estimate of drug-likeness (QED) is 0.402. The Kier molecular flexibility index (Phi) is 6.65. The third-order valence-corrected chi connectivity index (χ3v) is 10.7. The van der Waals surface area contributed by atoms with Gasteiger partial charge in [0.05, 0.1) is 0 Å². The molecule has 4 heteroatoms. The summed E-state index contributed by atoms with van der Waals surface area (Å²) in [6.07, 6.45) is 3.55. The molecule has 29 heavy (non-hydrogen) atoms. The minimum absolute atomic E-state index is 0. The van der Waals surface area contributed by atoms with E-state index in [4.69, 9.17) is 0 Å². The molecule has 0 atom stereocenters. The van der Waals surface area contributed by atoms with Crippen molar-refractivity contribution in [2.24, 2.45) is 5.41 Å². The second kappa shape index (κ2) is 8.70. The van der Waals surface area contributed by atoms with Crippen molar-refractivity contribution >= 4 is 23.2 Å². The van der Waals surface area contributed by atoms with Gasteiger partial charge in [-0.25, -0.2) is 0 Å². The highest BCUT2D eigenvalue weighted by atomic mass is 79.9. The molecule has 0 unspecified atom stereocenters. The maximum Gasteiger partial charge on any atom is 0.293 e. The molecule has 0 aliphatic heterocycles. The molecule has 0 bridgehead atoms. The second-order valence-corrected chi connectivity index (χ2v) is 11.9. The molecule has 3 aromatic rings. The summed E-state index contributed by atoms with van der Waals surface area (Å²) >= 11 is 0. The zero-order valence-electron chi connectivity index (χ0n) is 16.7. The molecule has 2 N–H and O–H groups in total. The van der Waals surface area contributed by atoms with Gasteiger partial charge in [0.15, 0.2) is 7.26 Å². The van der Waals surface area contributed by atoms with Crippen molar-refractivity contribution in [3.05, 3.63) is 91.0 Å². The minimum Gasteiger partial charge on any atom is -1.00 e. The smallest absolute Gasteiger partial charge is 0.293 e. The van der Waals surface area contributed by atoms with Gasteiger partial charge >= 0.3 is 0 Å². The van der Waals surface area contributed by atoms with Gasteiger partial charge in [-0.05, 0) is 61.1 Å². The van der Waals surface area contributed by atoms with Crippen LogP contribution >= 0.6 is 7.26 Å². The van der Waals surface area contributed by atoms with Crippen LogP contribution in [0.2, 0.25) is 0 Å². The highest BCUT2D eigenvalue weighted by Gasteiger charge is 2.62. The summed E-state index contributed by atoms with van der Waals surface area (Å²) in [7, 11) is -2.70. The van der Waals surface area contributed by atoms with Crippen molar-refractivity contribution in [2.75, 3.05) is 0 Å². The van der Waals surface area contributed by atoms with E-state index in [1.807, 2.05) is 91.0 Å².